The van der Waals surface area contributed by atoms with Crippen molar-refractivity contribution in [1.82, 2.24) is 10.6 Å². The molecule has 2 aromatic rings. The maximum atomic E-state index is 5.43. The van der Waals surface area contributed by atoms with Gasteiger partial charge in [-0.05, 0) is 36.4 Å². The van der Waals surface area contributed by atoms with E-state index in [4.69, 9.17) is 9.73 Å². The number of ether oxygens (including phenoxy) is 1. The Hall–Kier alpha value is -1.85. The Morgan fingerprint density at radius 3 is 2.52 bits per heavy atom. The molecule has 1 aromatic heterocycles. The van der Waals surface area contributed by atoms with Crippen LogP contribution in [0.25, 0.3) is 0 Å². The molecule has 0 aliphatic rings. The van der Waals surface area contributed by atoms with Crippen LogP contribution in [0.3, 0.4) is 0 Å². The minimum Gasteiger partial charge on any atom is -0.377 e. The van der Waals surface area contributed by atoms with Crippen LogP contribution in [0.4, 0.5) is 0 Å². The van der Waals surface area contributed by atoms with Crippen molar-refractivity contribution in [3.05, 3.63) is 57.8 Å². The van der Waals surface area contributed by atoms with Gasteiger partial charge in [-0.1, -0.05) is 37.3 Å². The molecular formula is C20H29N3OS. The summed E-state index contributed by atoms with van der Waals surface area (Å²) < 4.78 is 5.43. The zero-order chi connectivity index (χ0) is 17.9. The van der Waals surface area contributed by atoms with E-state index in [2.05, 4.69) is 66.3 Å². The molecule has 0 radical (unpaired) electrons. The highest BCUT2D eigenvalue weighted by molar-refractivity contribution is 7.10. The number of aliphatic imine (C=N–C) groups is 1. The van der Waals surface area contributed by atoms with Gasteiger partial charge in [-0.25, -0.2) is 4.99 Å². The lowest BCUT2D eigenvalue weighted by molar-refractivity contribution is 0.134. The maximum absolute atomic E-state index is 5.43. The first-order valence-corrected chi connectivity index (χ1v) is 9.82. The Morgan fingerprint density at radius 2 is 1.88 bits per heavy atom. The van der Waals surface area contributed by atoms with Gasteiger partial charge in [-0.15, -0.1) is 11.3 Å². The van der Waals surface area contributed by atoms with E-state index in [0.29, 0.717) is 19.1 Å². The fraction of sp³-hybridized carbons (Fsp3) is 0.450. The third-order valence-corrected chi connectivity index (χ3v) is 4.97. The fourth-order valence-electron chi connectivity index (χ4n) is 2.39. The Kier molecular flexibility index (Phi) is 8.49. The highest BCUT2D eigenvalue weighted by atomic mass is 32.1. The van der Waals surface area contributed by atoms with Crippen molar-refractivity contribution in [2.24, 2.45) is 4.99 Å². The zero-order valence-electron chi connectivity index (χ0n) is 15.4. The zero-order valence-corrected chi connectivity index (χ0v) is 16.2. The predicted molar refractivity (Wildman–Crippen MR) is 107 cm³/mol. The number of rotatable bonds is 9. The maximum Gasteiger partial charge on any atom is 0.191 e. The number of benzene rings is 1. The lowest BCUT2D eigenvalue weighted by Gasteiger charge is -2.15. The smallest absolute Gasteiger partial charge is 0.191 e. The van der Waals surface area contributed by atoms with Crippen molar-refractivity contribution >= 4 is 17.3 Å². The molecule has 1 atom stereocenters. The summed E-state index contributed by atoms with van der Waals surface area (Å²) in [7, 11) is 0. The van der Waals surface area contributed by atoms with E-state index >= 15 is 0 Å². The number of thiophene rings is 1. The largest absolute Gasteiger partial charge is 0.377 e. The lowest BCUT2D eigenvalue weighted by Crippen LogP contribution is -2.39. The van der Waals surface area contributed by atoms with Crippen LogP contribution in [0.1, 0.15) is 42.7 Å². The van der Waals surface area contributed by atoms with Crippen molar-refractivity contribution in [2.45, 2.75) is 39.8 Å². The van der Waals surface area contributed by atoms with Crippen molar-refractivity contribution in [2.75, 3.05) is 19.7 Å². The molecule has 0 spiro atoms. The predicted octanol–water partition coefficient (Wildman–Crippen LogP) is 4.14. The van der Waals surface area contributed by atoms with Gasteiger partial charge in [0.2, 0.25) is 0 Å². The minimum absolute atomic E-state index is 0.474. The number of hydrogen-bond acceptors (Lipinski definition) is 3. The highest BCUT2D eigenvalue weighted by Crippen LogP contribution is 2.19. The van der Waals surface area contributed by atoms with Gasteiger partial charge < -0.3 is 15.4 Å². The quantitative estimate of drug-likeness (QED) is 0.522. The van der Waals surface area contributed by atoms with E-state index in [1.165, 1.54) is 16.0 Å². The molecule has 0 aliphatic carbocycles. The number of hydrogen-bond donors (Lipinski definition) is 2. The summed E-state index contributed by atoms with van der Waals surface area (Å²) in [5.41, 5.74) is 2.40. The molecule has 0 aliphatic heterocycles. The molecule has 1 unspecified atom stereocenters. The van der Waals surface area contributed by atoms with Gasteiger partial charge in [0.1, 0.15) is 0 Å². The van der Waals surface area contributed by atoms with Crippen LogP contribution >= 0.6 is 11.3 Å². The van der Waals surface area contributed by atoms with Crippen LogP contribution in [0.2, 0.25) is 0 Å². The van der Waals surface area contributed by atoms with Gasteiger partial charge in [0.25, 0.3) is 0 Å². The Morgan fingerprint density at radius 1 is 1.12 bits per heavy atom. The first-order valence-electron chi connectivity index (χ1n) is 8.94. The molecule has 2 N–H and O–H groups in total. The second kappa shape index (κ2) is 10.9. The van der Waals surface area contributed by atoms with E-state index < -0.39 is 0 Å². The first kappa shape index (κ1) is 19.5. The molecule has 0 saturated heterocycles. The summed E-state index contributed by atoms with van der Waals surface area (Å²) in [5, 5.41) is 8.88. The van der Waals surface area contributed by atoms with Crippen molar-refractivity contribution in [3.63, 3.8) is 0 Å². The molecule has 1 aromatic carbocycles. The molecule has 5 heteroatoms. The molecule has 4 nitrogen and oxygen atoms in total. The number of nitrogens with zero attached hydrogens (tertiary/aromatic N) is 1. The fourth-order valence-corrected chi connectivity index (χ4v) is 3.18. The van der Waals surface area contributed by atoms with Gasteiger partial charge in [0, 0.05) is 30.5 Å². The second-order valence-corrected chi connectivity index (χ2v) is 6.93. The molecule has 0 bridgehead atoms. The van der Waals surface area contributed by atoms with Gasteiger partial charge in [0.05, 0.1) is 13.2 Å². The van der Waals surface area contributed by atoms with Crippen LogP contribution in [-0.2, 0) is 17.9 Å². The normalized spacial score (nSPS) is 12.8. The van der Waals surface area contributed by atoms with Crippen LogP contribution < -0.4 is 10.6 Å². The van der Waals surface area contributed by atoms with Crippen LogP contribution in [0.15, 0.2) is 46.8 Å². The number of guanidine groups is 1. The SMILES string of the molecule is CCNC(=NCc1ccc(COCC)cc1)NCC(C)c1cccs1. The van der Waals surface area contributed by atoms with Crippen molar-refractivity contribution in [3.8, 4) is 0 Å². The second-order valence-electron chi connectivity index (χ2n) is 5.95. The summed E-state index contributed by atoms with van der Waals surface area (Å²) >= 11 is 1.80. The van der Waals surface area contributed by atoms with Gasteiger partial charge in [-0.3, -0.25) is 0 Å². The summed E-state index contributed by atoms with van der Waals surface area (Å²) in [4.78, 5) is 6.09. The molecule has 136 valence electrons. The molecule has 2 rings (SSSR count). The van der Waals surface area contributed by atoms with E-state index in [1.54, 1.807) is 11.3 Å². The summed E-state index contributed by atoms with van der Waals surface area (Å²) in [6, 6.07) is 12.8. The first-order chi connectivity index (χ1) is 12.2. The van der Waals surface area contributed by atoms with Gasteiger partial charge in [-0.2, -0.15) is 0 Å². The Balaban J connectivity index is 1.87. The molecule has 0 fully saturated rings. The molecule has 0 amide bonds. The summed E-state index contributed by atoms with van der Waals surface area (Å²) in [5.74, 6) is 1.34. The average Bonchev–Trinajstić information content (AvgIpc) is 3.17. The van der Waals surface area contributed by atoms with Gasteiger partial charge in [0.15, 0.2) is 5.96 Å². The van der Waals surface area contributed by atoms with Crippen LogP contribution in [-0.4, -0.2) is 25.7 Å². The Bertz CT molecular complexity index is 623. The average molecular weight is 360 g/mol. The van der Waals surface area contributed by atoms with E-state index in [9.17, 15) is 0 Å². The van der Waals surface area contributed by atoms with E-state index in [0.717, 1.165) is 25.7 Å². The third kappa shape index (κ3) is 6.88. The summed E-state index contributed by atoms with van der Waals surface area (Å²) in [6.45, 7) is 10.1. The van der Waals surface area contributed by atoms with E-state index in [-0.39, 0.29) is 0 Å². The lowest BCUT2D eigenvalue weighted by atomic mass is 10.1. The molecule has 0 saturated carbocycles. The van der Waals surface area contributed by atoms with Crippen LogP contribution in [0, 0.1) is 0 Å². The third-order valence-electron chi connectivity index (χ3n) is 3.86. The minimum atomic E-state index is 0.474. The standard InChI is InChI=1S/C20H29N3OS/c1-4-21-20(22-13-16(3)19-7-6-12-25-19)23-14-17-8-10-18(11-9-17)15-24-5-2/h6-12,16H,4-5,13-15H2,1-3H3,(H2,21,22,23). The van der Waals surface area contributed by atoms with Gasteiger partial charge >= 0.3 is 0 Å². The summed E-state index contributed by atoms with van der Waals surface area (Å²) in [6.07, 6.45) is 0. The topological polar surface area (TPSA) is 45.7 Å². The van der Waals surface area contributed by atoms with Crippen molar-refractivity contribution in [1.29, 1.82) is 0 Å². The highest BCUT2D eigenvalue weighted by Gasteiger charge is 2.07. The Labute approximate surface area is 155 Å². The molecule has 1 heterocycles. The van der Waals surface area contributed by atoms with Crippen molar-refractivity contribution < 1.29 is 4.74 Å². The van der Waals surface area contributed by atoms with Crippen LogP contribution in [0.5, 0.6) is 0 Å². The molecule has 25 heavy (non-hydrogen) atoms. The van der Waals surface area contributed by atoms with E-state index in [1.807, 2.05) is 6.92 Å². The molecular weight excluding hydrogens is 330 g/mol. The number of nitrogens with one attached hydrogen (secondary N) is 2. The monoisotopic (exact) mass is 359 g/mol.